The minimum atomic E-state index is -0.291. The van der Waals surface area contributed by atoms with Crippen molar-refractivity contribution in [2.45, 2.75) is 32.9 Å². The molecule has 262 valence electrons. The standard InChI is InChI=1S/C39H47N7O4/c1-28-21-31-11-7-8-12-32(31)35(22-28)46-16-14-33-34(24-46)40-38(49-27-30-13-15-43(23-30)25-36(47)42(2)3)41-37(33)44-17-19-45(20-18-44)39(48)50-26-29-9-5-4-6-10-29/h4-12,21-22,30H,13-20,23-27H2,1-3H3. The summed E-state index contributed by atoms with van der Waals surface area (Å²) in [4.78, 5) is 45.6. The maximum atomic E-state index is 12.9. The molecule has 11 nitrogen and oxygen atoms in total. The van der Waals surface area contributed by atoms with Gasteiger partial charge in [-0.2, -0.15) is 9.97 Å². The van der Waals surface area contributed by atoms with Crippen molar-refractivity contribution in [3.05, 3.63) is 89.1 Å². The van der Waals surface area contributed by atoms with Gasteiger partial charge in [0.25, 0.3) is 0 Å². The molecule has 7 rings (SSSR count). The van der Waals surface area contributed by atoms with Crippen LogP contribution in [0.3, 0.4) is 0 Å². The molecule has 4 aromatic rings. The lowest BCUT2D eigenvalue weighted by molar-refractivity contribution is -0.129. The summed E-state index contributed by atoms with van der Waals surface area (Å²) in [6.07, 6.45) is 1.49. The second-order valence-electron chi connectivity index (χ2n) is 13.9. The number of ether oxygens (including phenoxy) is 2. The van der Waals surface area contributed by atoms with Crippen molar-refractivity contribution in [2.24, 2.45) is 5.92 Å². The lowest BCUT2D eigenvalue weighted by Crippen LogP contribution is -2.49. The van der Waals surface area contributed by atoms with Gasteiger partial charge in [0.1, 0.15) is 12.4 Å². The topological polar surface area (TPSA) is 94.6 Å². The molecule has 11 heteroatoms. The Morgan fingerprint density at radius 3 is 2.48 bits per heavy atom. The van der Waals surface area contributed by atoms with Crippen LogP contribution in [0.5, 0.6) is 6.01 Å². The Balaban J connectivity index is 1.08. The Labute approximate surface area is 294 Å². The van der Waals surface area contributed by atoms with E-state index in [0.717, 1.165) is 55.1 Å². The van der Waals surface area contributed by atoms with E-state index in [1.54, 1.807) is 23.9 Å². The normalized spacial score (nSPS) is 17.9. The van der Waals surface area contributed by atoms with Gasteiger partial charge in [-0.15, -0.1) is 0 Å². The molecule has 2 amide bonds. The average molecular weight is 678 g/mol. The molecular formula is C39H47N7O4. The zero-order valence-corrected chi connectivity index (χ0v) is 29.4. The molecule has 2 fully saturated rings. The van der Waals surface area contributed by atoms with E-state index in [0.29, 0.717) is 57.8 Å². The first-order valence-corrected chi connectivity index (χ1v) is 17.7. The molecule has 0 N–H and O–H groups in total. The van der Waals surface area contributed by atoms with Crippen LogP contribution in [0, 0.1) is 12.8 Å². The molecule has 4 heterocycles. The maximum Gasteiger partial charge on any atom is 0.410 e. The third-order valence-corrected chi connectivity index (χ3v) is 10.1. The third-order valence-electron chi connectivity index (χ3n) is 10.1. The average Bonchev–Trinajstić information content (AvgIpc) is 3.59. The predicted molar refractivity (Wildman–Crippen MR) is 195 cm³/mol. The van der Waals surface area contributed by atoms with Crippen LogP contribution < -0.4 is 14.5 Å². The Bertz CT molecular complexity index is 1830. The number of carbonyl (C=O) groups is 2. The molecule has 2 saturated heterocycles. The van der Waals surface area contributed by atoms with Gasteiger partial charge in [0.2, 0.25) is 5.91 Å². The summed E-state index contributed by atoms with van der Waals surface area (Å²) in [6, 6.07) is 23.2. The van der Waals surface area contributed by atoms with Crippen LogP contribution in [0.2, 0.25) is 0 Å². The number of likely N-dealkylation sites (N-methyl/N-ethyl adjacent to an activating group) is 1. The minimum absolute atomic E-state index is 0.115. The fourth-order valence-electron chi connectivity index (χ4n) is 7.25. The van der Waals surface area contributed by atoms with Gasteiger partial charge in [-0.25, -0.2) is 4.79 Å². The maximum absolute atomic E-state index is 12.9. The van der Waals surface area contributed by atoms with Crippen molar-refractivity contribution in [3.8, 4) is 6.01 Å². The lowest BCUT2D eigenvalue weighted by atomic mass is 10.0. The molecular weight excluding hydrogens is 630 g/mol. The van der Waals surface area contributed by atoms with E-state index in [1.165, 1.54) is 22.0 Å². The van der Waals surface area contributed by atoms with Gasteiger partial charge in [-0.1, -0.05) is 60.7 Å². The Hall–Kier alpha value is -4.90. The number of likely N-dealkylation sites (tertiary alicyclic amines) is 1. The number of piperazine rings is 1. The Morgan fingerprint density at radius 2 is 1.68 bits per heavy atom. The van der Waals surface area contributed by atoms with E-state index in [4.69, 9.17) is 19.4 Å². The summed E-state index contributed by atoms with van der Waals surface area (Å²) in [7, 11) is 3.59. The van der Waals surface area contributed by atoms with Crippen LogP contribution in [0.25, 0.3) is 10.8 Å². The van der Waals surface area contributed by atoms with Crippen molar-refractivity contribution < 1.29 is 19.1 Å². The van der Waals surface area contributed by atoms with E-state index in [9.17, 15) is 9.59 Å². The van der Waals surface area contributed by atoms with E-state index in [2.05, 4.69) is 58.0 Å². The molecule has 3 aliphatic rings. The quantitative estimate of drug-likeness (QED) is 0.249. The first-order valence-electron chi connectivity index (χ1n) is 17.7. The first-order chi connectivity index (χ1) is 24.3. The van der Waals surface area contributed by atoms with Crippen LogP contribution >= 0.6 is 0 Å². The number of benzene rings is 3. The summed E-state index contributed by atoms with van der Waals surface area (Å²) in [6.45, 7) is 8.93. The minimum Gasteiger partial charge on any atom is -0.463 e. The van der Waals surface area contributed by atoms with E-state index < -0.39 is 0 Å². The number of aromatic nitrogens is 2. The Kier molecular flexibility index (Phi) is 10.0. The summed E-state index contributed by atoms with van der Waals surface area (Å²) >= 11 is 0. The molecule has 1 unspecified atom stereocenters. The van der Waals surface area contributed by atoms with Gasteiger partial charge in [0, 0.05) is 75.9 Å². The number of amides is 2. The van der Waals surface area contributed by atoms with Crippen LogP contribution in [-0.4, -0.2) is 110 Å². The lowest BCUT2D eigenvalue weighted by Gasteiger charge is -2.38. The Morgan fingerprint density at radius 1 is 0.900 bits per heavy atom. The monoisotopic (exact) mass is 677 g/mol. The van der Waals surface area contributed by atoms with Crippen molar-refractivity contribution in [2.75, 3.05) is 82.9 Å². The van der Waals surface area contributed by atoms with Gasteiger partial charge in [-0.3, -0.25) is 9.69 Å². The van der Waals surface area contributed by atoms with Crippen LogP contribution in [0.1, 0.15) is 28.8 Å². The first kappa shape index (κ1) is 33.6. The molecule has 0 saturated carbocycles. The third kappa shape index (κ3) is 7.62. The molecule has 0 radical (unpaired) electrons. The molecule has 1 aromatic heterocycles. The van der Waals surface area contributed by atoms with E-state index in [1.807, 2.05) is 30.3 Å². The van der Waals surface area contributed by atoms with Crippen molar-refractivity contribution in [3.63, 3.8) is 0 Å². The second-order valence-corrected chi connectivity index (χ2v) is 13.9. The fourth-order valence-corrected chi connectivity index (χ4v) is 7.25. The smallest absolute Gasteiger partial charge is 0.410 e. The fraction of sp³-hybridized carbons (Fsp3) is 0.436. The highest BCUT2D eigenvalue weighted by Gasteiger charge is 2.31. The number of fused-ring (bicyclic) bond motifs is 2. The highest BCUT2D eigenvalue weighted by Crippen LogP contribution is 2.35. The van der Waals surface area contributed by atoms with Gasteiger partial charge >= 0.3 is 12.1 Å². The van der Waals surface area contributed by atoms with Gasteiger partial charge < -0.3 is 29.1 Å². The second kappa shape index (κ2) is 14.9. The number of rotatable bonds is 9. The molecule has 3 aromatic carbocycles. The number of anilines is 2. The number of carbonyl (C=O) groups excluding carboxylic acids is 2. The van der Waals surface area contributed by atoms with Crippen LogP contribution in [-0.2, 0) is 29.1 Å². The number of hydrogen-bond donors (Lipinski definition) is 0. The van der Waals surface area contributed by atoms with E-state index in [-0.39, 0.29) is 18.6 Å². The van der Waals surface area contributed by atoms with Crippen LogP contribution in [0.15, 0.2) is 66.7 Å². The largest absolute Gasteiger partial charge is 0.463 e. The van der Waals surface area contributed by atoms with Crippen molar-refractivity contribution in [1.29, 1.82) is 0 Å². The number of aryl methyl sites for hydroxylation is 1. The number of hydrogen-bond acceptors (Lipinski definition) is 9. The zero-order valence-electron chi connectivity index (χ0n) is 29.4. The molecule has 0 bridgehead atoms. The van der Waals surface area contributed by atoms with Crippen LogP contribution in [0.4, 0.5) is 16.3 Å². The SMILES string of the molecule is Cc1cc(N2CCc3c(nc(OCC4CCN(CC(=O)N(C)C)C4)nc3N3CCN(C(=O)OCc4ccccc4)CC3)C2)c2ccccc2c1. The van der Waals surface area contributed by atoms with Crippen molar-refractivity contribution >= 4 is 34.3 Å². The molecule has 50 heavy (non-hydrogen) atoms. The van der Waals surface area contributed by atoms with Crippen molar-refractivity contribution in [1.82, 2.24) is 24.7 Å². The zero-order chi connectivity index (χ0) is 34.6. The highest BCUT2D eigenvalue weighted by molar-refractivity contribution is 5.95. The summed E-state index contributed by atoms with van der Waals surface area (Å²) < 4.78 is 12.0. The summed E-state index contributed by atoms with van der Waals surface area (Å²) in [5, 5.41) is 2.47. The number of nitrogens with zero attached hydrogens (tertiary/aromatic N) is 7. The van der Waals surface area contributed by atoms with E-state index >= 15 is 0 Å². The predicted octanol–water partition coefficient (Wildman–Crippen LogP) is 4.75. The molecule has 3 aliphatic heterocycles. The van der Waals surface area contributed by atoms with Gasteiger partial charge in [-0.05, 0) is 48.9 Å². The highest BCUT2D eigenvalue weighted by atomic mass is 16.6. The molecule has 1 atom stereocenters. The van der Waals surface area contributed by atoms with Gasteiger partial charge in [0.15, 0.2) is 0 Å². The van der Waals surface area contributed by atoms with Gasteiger partial charge in [0.05, 0.1) is 25.4 Å². The summed E-state index contributed by atoms with van der Waals surface area (Å²) in [5.74, 6) is 1.32. The molecule has 0 spiro atoms. The molecule has 0 aliphatic carbocycles. The summed E-state index contributed by atoms with van der Waals surface area (Å²) in [5.41, 5.74) is 5.56.